The molecule has 3 heterocycles. The van der Waals surface area contributed by atoms with Crippen molar-refractivity contribution in [3.63, 3.8) is 0 Å². The lowest BCUT2D eigenvalue weighted by Gasteiger charge is -2.36. The average molecular weight is 559 g/mol. The van der Waals surface area contributed by atoms with Gasteiger partial charge in [0.1, 0.15) is 35.3 Å². The molecular formula is C29H34F4N6O. The van der Waals surface area contributed by atoms with Crippen LogP contribution in [0.25, 0.3) is 10.9 Å². The van der Waals surface area contributed by atoms with Crippen LogP contribution in [0.3, 0.4) is 0 Å². The first-order chi connectivity index (χ1) is 19.2. The number of nitrogens with one attached hydrogen (secondary N) is 1. The molecular weight excluding hydrogens is 524 g/mol. The van der Waals surface area contributed by atoms with Crippen LogP contribution in [0.4, 0.5) is 29.1 Å². The summed E-state index contributed by atoms with van der Waals surface area (Å²) in [5.41, 5.74) is -0.869. The topological polar surface area (TPSA) is 66.3 Å². The van der Waals surface area contributed by atoms with Crippen LogP contribution in [0.15, 0.2) is 29.2 Å². The minimum Gasteiger partial charge on any atom is -0.363 e. The smallest absolute Gasteiger partial charge is 0.276 e. The van der Waals surface area contributed by atoms with E-state index < -0.39 is 36.1 Å². The summed E-state index contributed by atoms with van der Waals surface area (Å²) in [4.78, 5) is 27.7. The number of nitrogens with zero attached hydrogens (tertiary/aromatic N) is 5. The monoisotopic (exact) mass is 558 g/mol. The first kappa shape index (κ1) is 27.0. The molecule has 1 atom stereocenters. The number of benzene rings is 1. The molecule has 214 valence electrons. The Balaban J connectivity index is 1.42. The number of rotatable bonds is 9. The highest BCUT2D eigenvalue weighted by Crippen LogP contribution is 2.44. The Morgan fingerprint density at radius 3 is 2.42 bits per heavy atom. The number of hydrogen-bond donors (Lipinski definition) is 1. The third-order valence-electron chi connectivity index (χ3n) is 8.56. The summed E-state index contributed by atoms with van der Waals surface area (Å²) in [7, 11) is 0. The number of pyridine rings is 1. The maximum Gasteiger partial charge on any atom is 0.276 e. The second-order valence-corrected chi connectivity index (χ2v) is 11.5. The van der Waals surface area contributed by atoms with E-state index in [1.807, 2.05) is 4.90 Å². The van der Waals surface area contributed by atoms with Crippen molar-refractivity contribution in [1.82, 2.24) is 19.4 Å². The quantitative estimate of drug-likeness (QED) is 0.358. The van der Waals surface area contributed by atoms with Gasteiger partial charge in [0.05, 0.1) is 22.5 Å². The van der Waals surface area contributed by atoms with E-state index in [0.29, 0.717) is 54.2 Å². The number of halogens is 4. The van der Waals surface area contributed by atoms with Gasteiger partial charge < -0.3 is 14.8 Å². The molecule has 0 spiro atoms. The van der Waals surface area contributed by atoms with Crippen molar-refractivity contribution in [3.8, 4) is 0 Å². The lowest BCUT2D eigenvalue weighted by atomic mass is 10.0. The second kappa shape index (κ2) is 10.3. The predicted molar refractivity (Wildman–Crippen MR) is 146 cm³/mol. The number of alkyl halides is 3. The number of aromatic nitrogens is 3. The maximum absolute atomic E-state index is 15.0. The SMILES string of the molecule is Cc1nc(N[C@H](C)c2cccc(C(F)F)c2F)c2cn(C3(CF)CC3)c(=O)c(N3CCN(CC4CC4)CC3)c2n1. The highest BCUT2D eigenvalue weighted by atomic mass is 19.3. The Morgan fingerprint density at radius 1 is 1.10 bits per heavy atom. The Hall–Kier alpha value is -3.21. The average Bonchev–Trinajstić information content (AvgIpc) is 3.86. The number of piperazine rings is 1. The van der Waals surface area contributed by atoms with E-state index in [2.05, 4.69) is 20.2 Å². The maximum atomic E-state index is 15.0. The normalized spacial score (nSPS) is 19.8. The van der Waals surface area contributed by atoms with Crippen molar-refractivity contribution in [2.75, 3.05) is 49.6 Å². The predicted octanol–water partition coefficient (Wildman–Crippen LogP) is 5.34. The van der Waals surface area contributed by atoms with Crippen LogP contribution in [0.5, 0.6) is 0 Å². The second-order valence-electron chi connectivity index (χ2n) is 11.5. The summed E-state index contributed by atoms with van der Waals surface area (Å²) in [6.45, 7) is 6.74. The summed E-state index contributed by atoms with van der Waals surface area (Å²) in [6, 6.07) is 3.21. The zero-order chi connectivity index (χ0) is 28.2. The third kappa shape index (κ3) is 4.93. The van der Waals surface area contributed by atoms with Gasteiger partial charge in [0.15, 0.2) is 0 Å². The standard InChI is InChI=1S/C29H34F4N6O/c1-17(20-4-3-5-21(23(20)31)26(32)33)34-27-22-15-39(29(16-30)8-9-29)28(40)25(24(22)35-18(2)36-27)38-12-10-37(11-13-38)14-19-6-7-19/h3-5,15,17,19,26H,6-14,16H2,1-2H3,(H,34,35,36)/t17-/m1/s1. The molecule has 3 aliphatic rings. The number of fused-ring (bicyclic) bond motifs is 1. The number of aryl methyl sites for hydroxylation is 1. The van der Waals surface area contributed by atoms with Gasteiger partial charge in [-0.1, -0.05) is 18.2 Å². The highest BCUT2D eigenvalue weighted by molar-refractivity contribution is 5.97. The van der Waals surface area contributed by atoms with Gasteiger partial charge in [0.25, 0.3) is 12.0 Å². The molecule has 1 N–H and O–H groups in total. The number of hydrogen-bond acceptors (Lipinski definition) is 6. The largest absolute Gasteiger partial charge is 0.363 e. The molecule has 3 fully saturated rings. The Kier molecular flexibility index (Phi) is 6.96. The Morgan fingerprint density at radius 2 is 1.80 bits per heavy atom. The van der Waals surface area contributed by atoms with Gasteiger partial charge in [0.2, 0.25) is 0 Å². The molecule has 2 aromatic heterocycles. The molecule has 40 heavy (non-hydrogen) atoms. The lowest BCUT2D eigenvalue weighted by molar-refractivity contribution is 0.146. The summed E-state index contributed by atoms with van der Waals surface area (Å²) in [5, 5.41) is 3.69. The molecule has 1 aliphatic heterocycles. The highest BCUT2D eigenvalue weighted by Gasteiger charge is 2.46. The van der Waals surface area contributed by atoms with E-state index in [0.717, 1.165) is 31.6 Å². The van der Waals surface area contributed by atoms with Gasteiger partial charge in [-0.15, -0.1) is 0 Å². The van der Waals surface area contributed by atoms with Crippen LogP contribution in [0.1, 0.15) is 62.0 Å². The van der Waals surface area contributed by atoms with E-state index in [-0.39, 0.29) is 11.1 Å². The van der Waals surface area contributed by atoms with Gasteiger partial charge in [-0.05, 0) is 45.4 Å². The minimum absolute atomic E-state index is 0.0740. The Bertz CT molecular complexity index is 1480. The van der Waals surface area contributed by atoms with Crippen LogP contribution in [0.2, 0.25) is 0 Å². The van der Waals surface area contributed by atoms with Crippen LogP contribution in [-0.2, 0) is 5.54 Å². The van der Waals surface area contributed by atoms with Crippen LogP contribution < -0.4 is 15.8 Å². The van der Waals surface area contributed by atoms with Gasteiger partial charge in [-0.3, -0.25) is 9.69 Å². The molecule has 0 radical (unpaired) electrons. The molecule has 3 aromatic rings. The molecule has 6 rings (SSSR count). The summed E-state index contributed by atoms with van der Waals surface area (Å²) in [5.74, 6) is 0.553. The summed E-state index contributed by atoms with van der Waals surface area (Å²) in [6.07, 6.45) is 2.34. The van der Waals surface area contributed by atoms with Gasteiger partial charge >= 0.3 is 0 Å². The van der Waals surface area contributed by atoms with Crippen molar-refractivity contribution in [1.29, 1.82) is 0 Å². The molecule has 1 saturated heterocycles. The first-order valence-electron chi connectivity index (χ1n) is 14.0. The van der Waals surface area contributed by atoms with E-state index >= 15 is 0 Å². The zero-order valence-electron chi connectivity index (χ0n) is 22.8. The van der Waals surface area contributed by atoms with E-state index in [4.69, 9.17) is 0 Å². The molecule has 0 bridgehead atoms. The third-order valence-corrected chi connectivity index (χ3v) is 8.56. The van der Waals surface area contributed by atoms with Crippen molar-refractivity contribution < 1.29 is 17.6 Å². The molecule has 0 unspecified atom stereocenters. The van der Waals surface area contributed by atoms with E-state index in [1.54, 1.807) is 20.0 Å². The molecule has 7 nitrogen and oxygen atoms in total. The molecule has 2 saturated carbocycles. The Labute approximate surface area is 230 Å². The van der Waals surface area contributed by atoms with Crippen LogP contribution in [-0.4, -0.2) is 58.8 Å². The van der Waals surface area contributed by atoms with Crippen molar-refractivity contribution >= 4 is 22.4 Å². The molecule has 2 aliphatic carbocycles. The number of anilines is 2. The molecule has 1 aromatic carbocycles. The van der Waals surface area contributed by atoms with Crippen molar-refractivity contribution in [2.24, 2.45) is 5.92 Å². The molecule has 11 heteroatoms. The lowest BCUT2D eigenvalue weighted by Crippen LogP contribution is -2.49. The first-order valence-corrected chi connectivity index (χ1v) is 14.0. The van der Waals surface area contributed by atoms with Gasteiger partial charge in [-0.2, -0.15) is 0 Å². The van der Waals surface area contributed by atoms with Crippen LogP contribution in [0, 0.1) is 18.7 Å². The zero-order valence-corrected chi connectivity index (χ0v) is 22.8. The van der Waals surface area contributed by atoms with E-state index in [9.17, 15) is 22.4 Å². The molecule has 0 amide bonds. The summed E-state index contributed by atoms with van der Waals surface area (Å²) < 4.78 is 57.4. The van der Waals surface area contributed by atoms with Gasteiger partial charge in [-0.25, -0.2) is 27.5 Å². The fourth-order valence-corrected chi connectivity index (χ4v) is 5.79. The minimum atomic E-state index is -2.94. The fourth-order valence-electron chi connectivity index (χ4n) is 5.79. The van der Waals surface area contributed by atoms with Crippen LogP contribution >= 0.6 is 0 Å². The fraction of sp³-hybridized carbons (Fsp3) is 0.552. The van der Waals surface area contributed by atoms with E-state index in [1.165, 1.54) is 29.5 Å². The van der Waals surface area contributed by atoms with Gasteiger partial charge in [0, 0.05) is 44.5 Å². The summed E-state index contributed by atoms with van der Waals surface area (Å²) >= 11 is 0. The van der Waals surface area contributed by atoms with Crippen molar-refractivity contribution in [2.45, 2.75) is 57.5 Å². The van der Waals surface area contributed by atoms with Crippen molar-refractivity contribution in [3.05, 3.63) is 57.5 Å².